The average Bonchev–Trinajstić information content (AvgIpc) is 3.68. The van der Waals surface area contributed by atoms with Crippen LogP contribution in [0.1, 0.15) is 121 Å². The number of anilines is 1. The van der Waals surface area contributed by atoms with E-state index in [4.69, 9.17) is 24.2 Å². The normalized spacial score (nSPS) is 25.4. The molecule has 2 saturated heterocycles. The van der Waals surface area contributed by atoms with Gasteiger partial charge in [0.2, 0.25) is 13.3 Å². The molecule has 0 spiro atoms. The number of thiazole rings is 1. The molecule has 4 fully saturated rings. The number of nitrogens with zero attached hydrogens (tertiary/aromatic N) is 3. The number of nitrogens with one attached hydrogen (secondary N) is 1. The number of esters is 1. The van der Waals surface area contributed by atoms with Crippen molar-refractivity contribution in [1.29, 1.82) is 0 Å². The van der Waals surface area contributed by atoms with Crippen molar-refractivity contribution in [3.8, 4) is 22.9 Å². The lowest BCUT2D eigenvalue weighted by Gasteiger charge is -2.30. The summed E-state index contributed by atoms with van der Waals surface area (Å²) in [7, 11) is -2.92. The second-order valence-electron chi connectivity index (χ2n) is 19.0. The molecule has 2 N–H and O–H groups in total. The topological polar surface area (TPSA) is 157 Å². The summed E-state index contributed by atoms with van der Waals surface area (Å²) >= 11 is 1.44. The number of methoxy groups -OCH3 is 1. The van der Waals surface area contributed by atoms with Crippen LogP contribution in [0.4, 0.5) is 18.3 Å². The van der Waals surface area contributed by atoms with Gasteiger partial charge in [-0.2, -0.15) is 13.2 Å². The van der Waals surface area contributed by atoms with E-state index in [9.17, 15) is 32.2 Å². The number of benzene rings is 2. The highest BCUT2D eigenvalue weighted by molar-refractivity contribution is 7.59. The molecule has 1 amide bonds. The van der Waals surface area contributed by atoms with Crippen molar-refractivity contribution in [2.45, 2.75) is 152 Å². The van der Waals surface area contributed by atoms with E-state index in [1.54, 1.807) is 25.3 Å². The zero-order chi connectivity index (χ0) is 46.8. The molecule has 4 aromatic rings. The maximum absolute atomic E-state index is 15.0. The molecule has 2 aromatic carbocycles. The molecule has 6 atom stereocenters. The zero-order valence-electron chi connectivity index (χ0n) is 37.8. The first-order chi connectivity index (χ1) is 31.5. The molecular weight excluding hydrogens is 893 g/mol. The van der Waals surface area contributed by atoms with Crippen LogP contribution in [0.3, 0.4) is 0 Å². The fraction of sp³-hybridized carbons (Fsp3) is 0.571. The van der Waals surface area contributed by atoms with E-state index in [-0.39, 0.29) is 61.8 Å². The summed E-state index contributed by atoms with van der Waals surface area (Å²) in [5.74, 6) is -1.39. The van der Waals surface area contributed by atoms with Crippen molar-refractivity contribution in [3.05, 3.63) is 65.0 Å². The van der Waals surface area contributed by atoms with E-state index in [0.717, 1.165) is 62.6 Å². The van der Waals surface area contributed by atoms with Gasteiger partial charge in [0, 0.05) is 47.7 Å². The molecule has 2 saturated carbocycles. The van der Waals surface area contributed by atoms with Gasteiger partial charge < -0.3 is 29.3 Å². The van der Waals surface area contributed by atoms with Gasteiger partial charge in [-0.3, -0.25) is 18.9 Å². The van der Waals surface area contributed by atoms with Crippen molar-refractivity contribution in [2.75, 3.05) is 19.0 Å². The van der Waals surface area contributed by atoms with Crippen molar-refractivity contribution in [1.82, 2.24) is 14.9 Å². The predicted molar refractivity (Wildman–Crippen MR) is 247 cm³/mol. The Kier molecular flexibility index (Phi) is 14.5. The highest BCUT2D eigenvalue weighted by Gasteiger charge is 2.66. The molecule has 0 radical (unpaired) electrons. The summed E-state index contributed by atoms with van der Waals surface area (Å²) < 4.78 is 75.5. The minimum atomic E-state index is -4.74. The second kappa shape index (κ2) is 20.0. The van der Waals surface area contributed by atoms with E-state index in [1.807, 2.05) is 25.3 Å². The van der Waals surface area contributed by atoms with Gasteiger partial charge in [-0.15, -0.1) is 11.3 Å². The third-order valence-electron chi connectivity index (χ3n) is 13.9. The Balaban J connectivity index is 1.13. The Labute approximate surface area is 387 Å². The van der Waals surface area contributed by atoms with Crippen LogP contribution in [0.5, 0.6) is 11.5 Å². The van der Waals surface area contributed by atoms with Crippen LogP contribution >= 0.6 is 18.7 Å². The number of fused-ring (bicyclic) bond motifs is 3. The Morgan fingerprint density at radius 1 is 0.970 bits per heavy atom. The third kappa shape index (κ3) is 10.8. The number of carbonyl (C=O) groups is 3. The Hall–Kier alpha value is -4.53. The lowest BCUT2D eigenvalue weighted by Crippen LogP contribution is -2.45. The summed E-state index contributed by atoms with van der Waals surface area (Å²) in [5, 5.41) is 5.15. The first-order valence-electron chi connectivity index (χ1n) is 23.4. The molecular formula is C49H60F3N4O8PS. The Morgan fingerprint density at radius 3 is 2.44 bits per heavy atom. The quantitative estimate of drug-likeness (QED) is 0.103. The van der Waals surface area contributed by atoms with Gasteiger partial charge in [-0.25, -0.2) is 9.97 Å². The van der Waals surface area contributed by atoms with Gasteiger partial charge in [-0.05, 0) is 88.5 Å². The van der Waals surface area contributed by atoms with Crippen LogP contribution < -0.4 is 14.8 Å². The van der Waals surface area contributed by atoms with Crippen LogP contribution in [0, 0.1) is 11.8 Å². The number of hydrogen-bond acceptors (Lipinski definition) is 11. The molecule has 17 heteroatoms. The van der Waals surface area contributed by atoms with Crippen molar-refractivity contribution in [2.24, 2.45) is 11.8 Å². The molecule has 0 bridgehead atoms. The molecule has 356 valence electrons. The fourth-order valence-electron chi connectivity index (χ4n) is 10.4. The van der Waals surface area contributed by atoms with E-state index in [1.165, 1.54) is 34.4 Å². The Bertz CT molecular complexity index is 2460. The summed E-state index contributed by atoms with van der Waals surface area (Å²) in [4.78, 5) is 66.6. The van der Waals surface area contributed by atoms with Crippen LogP contribution in [-0.4, -0.2) is 80.5 Å². The largest absolute Gasteiger partial charge is 0.497 e. The van der Waals surface area contributed by atoms with Gasteiger partial charge >= 0.3 is 12.1 Å². The maximum Gasteiger partial charge on any atom is 0.416 e. The number of carbonyl (C=O) groups excluding carboxylic acids is 3. The predicted octanol–water partition coefficient (Wildman–Crippen LogP) is 11.0. The van der Waals surface area contributed by atoms with Crippen molar-refractivity contribution < 1.29 is 51.2 Å². The molecule has 8 rings (SSSR count). The summed E-state index contributed by atoms with van der Waals surface area (Å²) in [6.45, 7) is 4.03. The van der Waals surface area contributed by atoms with Crippen LogP contribution in [-0.2, 0) is 36.0 Å². The summed E-state index contributed by atoms with van der Waals surface area (Å²) in [6, 6.07) is 11.1. The number of ether oxygens (including phenoxy) is 3. The maximum atomic E-state index is 15.0. The standard InChI is InChI=1S/C49H60F3N4O8PS/c1-30(2)53-47-55-41(29-66-47)40-24-44(37-20-19-35(62-3)22-39(37)54-40)63-36-23-42-43(57)26-48(65(60,61)28-32-14-9-12-18-38(32)49(50,51)52)25-33(48)15-8-6-4-5-7-13-31(46(59)56(42)27-36)21-45(58)64-34-16-10-11-17-34/h9,12,14,18-20,22,24,29-31,33-34,36,42H,4-8,10-11,13,15-17,21,23,25-28H2,1-3H3,(H,53,55)(H,60,61)/t31-,33-,36-,42+,48-/m1/s1. The SMILES string of the molecule is COc1ccc2c(O[C@@H]3C[C@H]4C(=O)C[C@]5(P(=O)(O)Cc6ccccc6C(F)(F)F)C[C@H]5CCCCCCC[C@H](CC(=O)OC5CCCC5)C(=O)N4C3)cc(-c3csc(NC(C)C)n3)nc2c1. The van der Waals surface area contributed by atoms with Gasteiger partial charge in [0.1, 0.15) is 29.4 Å². The van der Waals surface area contributed by atoms with Gasteiger partial charge in [0.25, 0.3) is 0 Å². The highest BCUT2D eigenvalue weighted by Crippen LogP contribution is 2.75. The minimum absolute atomic E-state index is 0.00987. The number of amides is 1. The van der Waals surface area contributed by atoms with Gasteiger partial charge in [-0.1, -0.05) is 50.3 Å². The van der Waals surface area contributed by atoms with E-state index < -0.39 is 60.2 Å². The van der Waals surface area contributed by atoms with Crippen LogP contribution in [0.2, 0.25) is 0 Å². The second-order valence-corrected chi connectivity index (χ2v) is 22.5. The number of halogens is 3. The molecule has 1 unspecified atom stereocenters. The van der Waals surface area contributed by atoms with E-state index in [2.05, 4.69) is 5.32 Å². The lowest BCUT2D eigenvalue weighted by atomic mass is 9.94. The number of hydrogen-bond donors (Lipinski definition) is 2. The molecule has 2 aromatic heterocycles. The van der Waals surface area contributed by atoms with Crippen molar-refractivity contribution in [3.63, 3.8) is 0 Å². The summed E-state index contributed by atoms with van der Waals surface area (Å²) in [5.41, 5.74) is 0.456. The molecule has 4 aliphatic rings. The first kappa shape index (κ1) is 47.9. The number of pyridine rings is 1. The minimum Gasteiger partial charge on any atom is -0.497 e. The van der Waals surface area contributed by atoms with Gasteiger partial charge in [0.15, 0.2) is 10.9 Å². The highest BCUT2D eigenvalue weighted by atomic mass is 32.1. The van der Waals surface area contributed by atoms with Crippen LogP contribution in [0.25, 0.3) is 22.3 Å². The number of aromatic nitrogens is 2. The molecule has 4 heterocycles. The number of Topliss-reactive ketones (excluding diaryl/α,β-unsaturated/α-hetero) is 1. The van der Waals surface area contributed by atoms with E-state index in [0.29, 0.717) is 53.1 Å². The van der Waals surface area contributed by atoms with Gasteiger partial charge in [0.05, 0.1) is 54.2 Å². The smallest absolute Gasteiger partial charge is 0.416 e. The molecule has 12 nitrogen and oxygen atoms in total. The average molecular weight is 953 g/mol. The van der Waals surface area contributed by atoms with Crippen LogP contribution in [0.15, 0.2) is 53.9 Å². The Morgan fingerprint density at radius 2 is 1.70 bits per heavy atom. The monoisotopic (exact) mass is 952 g/mol. The zero-order valence-corrected chi connectivity index (χ0v) is 39.5. The number of alkyl halides is 3. The third-order valence-corrected chi connectivity index (χ3v) is 17.6. The lowest BCUT2D eigenvalue weighted by molar-refractivity contribution is -0.154. The number of ketones is 1. The number of rotatable bonds is 12. The van der Waals surface area contributed by atoms with Crippen molar-refractivity contribution >= 4 is 52.4 Å². The molecule has 2 aliphatic carbocycles. The van der Waals surface area contributed by atoms with E-state index >= 15 is 4.79 Å². The molecule has 2 aliphatic heterocycles. The summed E-state index contributed by atoms with van der Waals surface area (Å²) in [6.07, 6.45) is 1.70. The fourth-order valence-corrected chi connectivity index (χ4v) is 13.9. The first-order valence-corrected chi connectivity index (χ1v) is 26.1. The molecule has 66 heavy (non-hydrogen) atoms.